The van der Waals surface area contributed by atoms with Crippen LogP contribution in [0, 0.1) is 0 Å². The number of carbonyl (C=O) groups is 1. The van der Waals surface area contributed by atoms with Crippen LogP contribution in [0.1, 0.15) is 110 Å². The first-order valence-electron chi connectivity index (χ1n) is 12.0. The van der Waals surface area contributed by atoms with Gasteiger partial charge in [0.05, 0.1) is 6.10 Å². The third-order valence-electron chi connectivity index (χ3n) is 5.57. The molecule has 1 aliphatic rings. The molecule has 0 aromatic carbocycles. The molecule has 0 radical (unpaired) electrons. The van der Waals surface area contributed by atoms with E-state index in [1.807, 2.05) is 0 Å². The Labute approximate surface area is 176 Å². The van der Waals surface area contributed by atoms with Crippen LogP contribution in [0.5, 0.6) is 0 Å². The lowest BCUT2D eigenvalue weighted by molar-refractivity contribution is -0.119. The second kappa shape index (κ2) is 18.6. The van der Waals surface area contributed by atoms with Gasteiger partial charge in [0.1, 0.15) is 5.75 Å². The maximum Gasteiger partial charge on any atom is 0.232 e. The summed E-state index contributed by atoms with van der Waals surface area (Å²) in [5.74, 6) is 0.704. The van der Waals surface area contributed by atoms with E-state index in [4.69, 9.17) is 4.74 Å². The molecule has 1 rings (SSSR count). The van der Waals surface area contributed by atoms with Crippen LogP contribution in [0.4, 0.5) is 0 Å². The van der Waals surface area contributed by atoms with Gasteiger partial charge in [0.25, 0.3) is 0 Å². The van der Waals surface area contributed by atoms with E-state index in [0.29, 0.717) is 12.3 Å². The third-order valence-corrected chi connectivity index (χ3v) is 6.90. The molecule has 0 aromatic rings. The predicted molar refractivity (Wildman–Crippen MR) is 120 cm³/mol. The minimum absolute atomic E-state index is 0.0980. The van der Waals surface area contributed by atoms with E-state index < -0.39 is 10.8 Å². The molecule has 4 nitrogen and oxygen atoms in total. The SMILES string of the molecule is CCCCCCCCCCCCCCCCS(=O)CC(=O)NCC1CCCO1. The van der Waals surface area contributed by atoms with Crippen molar-refractivity contribution in [2.24, 2.45) is 0 Å². The summed E-state index contributed by atoms with van der Waals surface area (Å²) in [6, 6.07) is 0. The number of hydrogen-bond acceptors (Lipinski definition) is 3. The number of amides is 1. The van der Waals surface area contributed by atoms with Gasteiger partial charge in [0, 0.05) is 29.7 Å². The van der Waals surface area contributed by atoms with Crippen LogP contribution in [0.3, 0.4) is 0 Å². The highest BCUT2D eigenvalue weighted by Crippen LogP contribution is 2.13. The Hall–Kier alpha value is -0.420. The molecule has 0 aliphatic carbocycles. The Morgan fingerprint density at radius 3 is 1.93 bits per heavy atom. The molecule has 1 fully saturated rings. The zero-order chi connectivity index (χ0) is 20.3. The molecule has 0 bridgehead atoms. The minimum atomic E-state index is -1.02. The zero-order valence-corrected chi connectivity index (χ0v) is 19.2. The number of unbranched alkanes of at least 4 members (excludes halogenated alkanes) is 13. The first-order chi connectivity index (χ1) is 13.7. The summed E-state index contributed by atoms with van der Waals surface area (Å²) in [4.78, 5) is 11.8. The van der Waals surface area contributed by atoms with E-state index in [0.717, 1.165) is 32.3 Å². The maximum atomic E-state index is 12.0. The van der Waals surface area contributed by atoms with Gasteiger partial charge in [-0.3, -0.25) is 9.00 Å². The van der Waals surface area contributed by atoms with Crippen molar-refractivity contribution < 1.29 is 13.7 Å². The monoisotopic (exact) mass is 415 g/mol. The van der Waals surface area contributed by atoms with Crippen molar-refractivity contribution in [3.8, 4) is 0 Å². The van der Waals surface area contributed by atoms with E-state index in [1.54, 1.807) is 0 Å². The Kier molecular flexibility index (Phi) is 17.0. The number of nitrogens with one attached hydrogen (secondary N) is 1. The lowest BCUT2D eigenvalue weighted by Crippen LogP contribution is -2.35. The number of carbonyl (C=O) groups excluding carboxylic acids is 1. The summed E-state index contributed by atoms with van der Waals surface area (Å²) >= 11 is 0. The van der Waals surface area contributed by atoms with Crippen LogP contribution in [0.15, 0.2) is 0 Å². The highest BCUT2D eigenvalue weighted by atomic mass is 32.2. The fourth-order valence-electron chi connectivity index (χ4n) is 3.76. The van der Waals surface area contributed by atoms with Crippen LogP contribution >= 0.6 is 0 Å². The summed E-state index contributed by atoms with van der Waals surface area (Å²) in [7, 11) is -1.02. The first-order valence-corrected chi connectivity index (χ1v) is 13.4. The van der Waals surface area contributed by atoms with Crippen molar-refractivity contribution in [3.05, 3.63) is 0 Å². The zero-order valence-electron chi connectivity index (χ0n) is 18.4. The summed E-state index contributed by atoms with van der Waals surface area (Å²) in [5, 5.41) is 2.85. The van der Waals surface area contributed by atoms with Crippen molar-refractivity contribution in [2.45, 2.75) is 116 Å². The highest BCUT2D eigenvalue weighted by molar-refractivity contribution is 7.85. The lowest BCUT2D eigenvalue weighted by Gasteiger charge is -2.10. The quantitative estimate of drug-likeness (QED) is 0.283. The van der Waals surface area contributed by atoms with Crippen molar-refractivity contribution >= 4 is 16.7 Å². The molecule has 1 amide bonds. The van der Waals surface area contributed by atoms with Crippen LogP contribution in [0.2, 0.25) is 0 Å². The largest absolute Gasteiger partial charge is 0.376 e. The topological polar surface area (TPSA) is 55.4 Å². The van der Waals surface area contributed by atoms with Crippen LogP contribution in [-0.4, -0.2) is 40.9 Å². The van der Waals surface area contributed by atoms with E-state index in [2.05, 4.69) is 12.2 Å². The van der Waals surface area contributed by atoms with Gasteiger partial charge >= 0.3 is 0 Å². The van der Waals surface area contributed by atoms with Gasteiger partial charge in [0.2, 0.25) is 5.91 Å². The van der Waals surface area contributed by atoms with Crippen molar-refractivity contribution in [1.82, 2.24) is 5.32 Å². The standard InChI is InChI=1S/C23H45NO3S/c1-2-3-4-5-6-7-8-9-10-11-12-13-14-15-19-28(26)21-23(25)24-20-22-17-16-18-27-22/h22H,2-21H2,1H3,(H,24,25). The Morgan fingerprint density at radius 1 is 0.893 bits per heavy atom. The van der Waals surface area contributed by atoms with Gasteiger partial charge in [-0.05, 0) is 19.3 Å². The van der Waals surface area contributed by atoms with Gasteiger partial charge in [-0.15, -0.1) is 0 Å². The van der Waals surface area contributed by atoms with Gasteiger partial charge in [-0.25, -0.2) is 0 Å². The van der Waals surface area contributed by atoms with Gasteiger partial charge < -0.3 is 10.1 Å². The van der Waals surface area contributed by atoms with E-state index in [-0.39, 0.29) is 17.8 Å². The molecule has 1 saturated heterocycles. The lowest BCUT2D eigenvalue weighted by atomic mass is 10.0. The first kappa shape index (κ1) is 25.6. The molecule has 5 heteroatoms. The second-order valence-corrected chi connectivity index (χ2v) is 9.90. The number of rotatable bonds is 19. The van der Waals surface area contributed by atoms with Gasteiger partial charge in [0.15, 0.2) is 0 Å². The fraction of sp³-hybridized carbons (Fsp3) is 0.957. The molecule has 0 aromatic heterocycles. The molecule has 1 aliphatic heterocycles. The molecule has 28 heavy (non-hydrogen) atoms. The van der Waals surface area contributed by atoms with Crippen LogP contribution < -0.4 is 5.32 Å². The maximum absolute atomic E-state index is 12.0. The van der Waals surface area contributed by atoms with E-state index >= 15 is 0 Å². The Morgan fingerprint density at radius 2 is 1.43 bits per heavy atom. The van der Waals surface area contributed by atoms with Crippen LogP contribution in [0.25, 0.3) is 0 Å². The van der Waals surface area contributed by atoms with E-state index in [1.165, 1.54) is 77.0 Å². The Balaban J connectivity index is 1.79. The molecular weight excluding hydrogens is 370 g/mol. The Bertz CT molecular complexity index is 397. The summed E-state index contributed by atoms with van der Waals surface area (Å²) < 4.78 is 17.5. The summed E-state index contributed by atoms with van der Waals surface area (Å²) in [6.45, 7) is 3.63. The number of hydrogen-bond donors (Lipinski definition) is 1. The molecule has 0 spiro atoms. The average Bonchev–Trinajstić information content (AvgIpc) is 3.20. The molecular formula is C23H45NO3S. The molecule has 1 N–H and O–H groups in total. The third kappa shape index (κ3) is 15.5. The molecule has 166 valence electrons. The van der Waals surface area contributed by atoms with Crippen molar-refractivity contribution in [3.63, 3.8) is 0 Å². The van der Waals surface area contributed by atoms with Crippen molar-refractivity contribution in [2.75, 3.05) is 24.7 Å². The summed E-state index contributed by atoms with van der Waals surface area (Å²) in [6.07, 6.45) is 20.8. The highest BCUT2D eigenvalue weighted by Gasteiger charge is 2.16. The minimum Gasteiger partial charge on any atom is -0.376 e. The normalized spacial score (nSPS) is 17.7. The molecule has 2 atom stereocenters. The van der Waals surface area contributed by atoms with Gasteiger partial charge in [-0.1, -0.05) is 90.4 Å². The number of ether oxygens (including phenoxy) is 1. The smallest absolute Gasteiger partial charge is 0.232 e. The van der Waals surface area contributed by atoms with Gasteiger partial charge in [-0.2, -0.15) is 0 Å². The second-order valence-electron chi connectivity index (χ2n) is 8.32. The molecule has 2 unspecified atom stereocenters. The molecule has 0 saturated carbocycles. The average molecular weight is 416 g/mol. The predicted octanol–water partition coefficient (Wildman–Crippen LogP) is 5.51. The summed E-state index contributed by atoms with van der Waals surface area (Å²) in [5.41, 5.74) is 0. The fourth-order valence-corrected chi connectivity index (χ4v) is 4.82. The van der Waals surface area contributed by atoms with Crippen molar-refractivity contribution in [1.29, 1.82) is 0 Å². The van der Waals surface area contributed by atoms with Crippen LogP contribution in [-0.2, 0) is 20.3 Å². The van der Waals surface area contributed by atoms with E-state index in [9.17, 15) is 9.00 Å². The molecule has 1 heterocycles.